The van der Waals surface area contributed by atoms with E-state index in [0.29, 0.717) is 24.3 Å². The molecule has 0 amide bonds. The molecule has 4 rings (SSSR count). The molecule has 8 heteroatoms. The van der Waals surface area contributed by atoms with Gasteiger partial charge in [0.1, 0.15) is 24.2 Å². The zero-order valence-electron chi connectivity index (χ0n) is 14.1. The van der Waals surface area contributed by atoms with Gasteiger partial charge >= 0.3 is 5.97 Å². The number of aliphatic hydroxyl groups is 1. The second-order valence-corrected chi connectivity index (χ2v) is 6.54. The Kier molecular flexibility index (Phi) is 7.07. The van der Waals surface area contributed by atoms with E-state index in [4.69, 9.17) is 9.47 Å². The Morgan fingerprint density at radius 2 is 1.76 bits per heavy atom. The number of hydrogen-bond donors (Lipinski definition) is 1. The molecule has 0 aromatic heterocycles. The number of morpholine rings is 1. The van der Waals surface area contributed by atoms with Gasteiger partial charge in [0.05, 0.1) is 6.61 Å². The second kappa shape index (κ2) is 8.22. The van der Waals surface area contributed by atoms with E-state index >= 15 is 0 Å². The van der Waals surface area contributed by atoms with E-state index in [0.717, 1.165) is 18.4 Å². The number of hydrogen-bond acceptors (Lipinski definition) is 5. The van der Waals surface area contributed by atoms with E-state index in [2.05, 4.69) is 11.9 Å². The van der Waals surface area contributed by atoms with Crippen LogP contribution in [-0.4, -0.2) is 76.5 Å². The van der Waals surface area contributed by atoms with Gasteiger partial charge in [0.25, 0.3) is 0 Å². The van der Waals surface area contributed by atoms with E-state index in [1.165, 1.54) is 0 Å². The number of aliphatic hydroxyl groups excluding tert-OH is 1. The number of ether oxygens (including phenoxy) is 2. The predicted octanol–water partition coefficient (Wildman–Crippen LogP) is -1.56. The van der Waals surface area contributed by atoms with Gasteiger partial charge in [0, 0.05) is 24.9 Å². The molecule has 3 aliphatic heterocycles. The van der Waals surface area contributed by atoms with Crippen LogP contribution in [-0.2, 0) is 14.3 Å². The third-order valence-corrected chi connectivity index (χ3v) is 5.33. The minimum atomic E-state index is -0.593. The van der Waals surface area contributed by atoms with E-state index in [1.807, 2.05) is 30.3 Å². The highest BCUT2D eigenvalue weighted by molar-refractivity contribution is 5.78. The van der Waals surface area contributed by atoms with Crippen LogP contribution in [0.25, 0.3) is 0 Å². The van der Waals surface area contributed by atoms with Crippen LogP contribution in [0.1, 0.15) is 24.3 Å². The Hall–Kier alpha value is -1.55. The molecule has 25 heavy (non-hydrogen) atoms. The summed E-state index contributed by atoms with van der Waals surface area (Å²) >= 11 is 0. The molecule has 7 N–H and O–H groups in total. The Morgan fingerprint density at radius 3 is 2.28 bits per heavy atom. The van der Waals surface area contributed by atoms with Crippen molar-refractivity contribution < 1.29 is 35.8 Å². The van der Waals surface area contributed by atoms with Crippen LogP contribution in [0.2, 0.25) is 0 Å². The molecule has 1 aromatic rings. The number of carbonyl (C=O) groups excluding carboxylic acids is 1. The van der Waals surface area contributed by atoms with Crippen LogP contribution < -0.4 is 0 Å². The predicted molar refractivity (Wildman–Crippen MR) is 90.2 cm³/mol. The van der Waals surface area contributed by atoms with Crippen LogP contribution in [0.5, 0.6) is 0 Å². The molecule has 1 aromatic carbocycles. The van der Waals surface area contributed by atoms with Crippen LogP contribution in [0.15, 0.2) is 30.3 Å². The molecule has 0 unspecified atom stereocenters. The van der Waals surface area contributed by atoms with E-state index in [9.17, 15) is 9.90 Å². The van der Waals surface area contributed by atoms with Gasteiger partial charge in [0.15, 0.2) is 0 Å². The molecule has 8 nitrogen and oxygen atoms in total. The summed E-state index contributed by atoms with van der Waals surface area (Å²) in [7, 11) is 2.13. The van der Waals surface area contributed by atoms with Gasteiger partial charge in [-0.15, -0.1) is 0 Å². The highest BCUT2D eigenvalue weighted by atomic mass is 16.6. The second-order valence-electron chi connectivity index (χ2n) is 6.54. The molecule has 6 atom stereocenters. The topological polar surface area (TPSA) is 157 Å². The lowest BCUT2D eigenvalue weighted by Crippen LogP contribution is -2.48. The number of epoxide rings is 1. The number of benzene rings is 1. The molecule has 0 radical (unpaired) electrons. The number of carbonyl (C=O) groups is 1. The summed E-state index contributed by atoms with van der Waals surface area (Å²) in [6.45, 7) is -0.226. The number of esters is 1. The standard InChI is InChI=1S/C17H21NO4.3H2O/c1-18-13-7-11(8-14(18)16-15(13)22-16)21-17(20)12(9-19)10-5-3-2-4-6-10;;;/h2-6,11-16,19H,7-9H2,1H3;3*1H2/t11-,12-,13-,14+,15-,16+;;;/m1.../s1. The fourth-order valence-electron chi connectivity index (χ4n) is 4.04. The Balaban J connectivity index is 0.00000104. The highest BCUT2D eigenvalue weighted by Crippen LogP contribution is 2.48. The summed E-state index contributed by atoms with van der Waals surface area (Å²) in [4.78, 5) is 14.8. The van der Waals surface area contributed by atoms with E-state index < -0.39 is 5.92 Å². The Labute approximate surface area is 146 Å². The maximum atomic E-state index is 12.4. The summed E-state index contributed by atoms with van der Waals surface area (Å²) < 4.78 is 11.4. The number of piperidine rings is 1. The largest absolute Gasteiger partial charge is 0.462 e. The number of likely N-dealkylation sites (N-methyl/N-ethyl adjacent to an activating group) is 1. The quantitative estimate of drug-likeness (QED) is 0.509. The highest BCUT2D eigenvalue weighted by Gasteiger charge is 2.62. The molecule has 3 heterocycles. The van der Waals surface area contributed by atoms with Crippen molar-refractivity contribution in [3.8, 4) is 0 Å². The van der Waals surface area contributed by atoms with Crippen molar-refractivity contribution in [3.05, 3.63) is 35.9 Å². The van der Waals surface area contributed by atoms with Crippen LogP contribution in [0.4, 0.5) is 0 Å². The molecule has 3 aliphatic rings. The lowest BCUT2D eigenvalue weighted by molar-refractivity contribution is -0.156. The van der Waals surface area contributed by atoms with Gasteiger partial charge in [-0.1, -0.05) is 30.3 Å². The van der Waals surface area contributed by atoms with Crippen molar-refractivity contribution in [2.24, 2.45) is 0 Å². The fraction of sp³-hybridized carbons (Fsp3) is 0.588. The summed E-state index contributed by atoms with van der Waals surface area (Å²) in [6.07, 6.45) is 2.26. The van der Waals surface area contributed by atoms with Gasteiger partial charge in [0.2, 0.25) is 0 Å². The van der Waals surface area contributed by atoms with Crippen molar-refractivity contribution >= 4 is 5.97 Å². The summed E-state index contributed by atoms with van der Waals surface area (Å²) in [5, 5.41) is 9.56. The molecule has 3 fully saturated rings. The summed E-state index contributed by atoms with van der Waals surface area (Å²) in [6, 6.07) is 10.1. The SMILES string of the molecule is CN1[C@@H]2C[C@@H](OC(=O)[C@H](CO)c3ccccc3)C[C@H]1[C@@H]1O[C@@H]12.O.O.O. The first-order chi connectivity index (χ1) is 10.7. The molecular weight excluding hydrogens is 330 g/mol. The minimum Gasteiger partial charge on any atom is -0.462 e. The maximum Gasteiger partial charge on any atom is 0.316 e. The molecule has 0 spiro atoms. The molecule has 0 aliphatic carbocycles. The molecular formula is C17H27NO7. The summed E-state index contributed by atoms with van der Waals surface area (Å²) in [5.74, 6) is -0.915. The third kappa shape index (κ3) is 3.69. The van der Waals surface area contributed by atoms with Gasteiger partial charge in [-0.3, -0.25) is 9.69 Å². The summed E-state index contributed by atoms with van der Waals surface area (Å²) in [5.41, 5.74) is 0.803. The van der Waals surface area contributed by atoms with Crippen molar-refractivity contribution in [1.82, 2.24) is 4.90 Å². The maximum absolute atomic E-state index is 12.4. The van der Waals surface area contributed by atoms with Crippen LogP contribution >= 0.6 is 0 Å². The first-order valence-electron chi connectivity index (χ1n) is 7.92. The average molecular weight is 357 g/mol. The van der Waals surface area contributed by atoms with Crippen molar-refractivity contribution in [2.45, 2.75) is 49.2 Å². The Bertz CT molecular complexity index is 551. The molecule has 3 saturated heterocycles. The monoisotopic (exact) mass is 357 g/mol. The van der Waals surface area contributed by atoms with Gasteiger partial charge in [-0.2, -0.15) is 0 Å². The van der Waals surface area contributed by atoms with Gasteiger partial charge in [-0.05, 0) is 12.6 Å². The van der Waals surface area contributed by atoms with Gasteiger partial charge in [-0.25, -0.2) is 0 Å². The van der Waals surface area contributed by atoms with Gasteiger partial charge < -0.3 is 31.0 Å². The van der Waals surface area contributed by atoms with Crippen molar-refractivity contribution in [1.29, 1.82) is 0 Å². The van der Waals surface area contributed by atoms with Crippen molar-refractivity contribution in [3.63, 3.8) is 0 Å². The molecule has 2 bridgehead atoms. The minimum absolute atomic E-state index is 0. The van der Waals surface area contributed by atoms with E-state index in [-0.39, 0.29) is 35.1 Å². The van der Waals surface area contributed by atoms with Crippen molar-refractivity contribution in [2.75, 3.05) is 13.7 Å². The third-order valence-electron chi connectivity index (χ3n) is 5.33. The molecule has 0 saturated carbocycles. The van der Waals surface area contributed by atoms with Crippen LogP contribution in [0, 0.1) is 0 Å². The average Bonchev–Trinajstić information content (AvgIpc) is 3.27. The number of fused-ring (bicyclic) bond motifs is 5. The zero-order chi connectivity index (χ0) is 15.3. The first-order valence-corrected chi connectivity index (χ1v) is 7.92. The van der Waals surface area contributed by atoms with Crippen LogP contribution in [0.3, 0.4) is 0 Å². The smallest absolute Gasteiger partial charge is 0.316 e. The fourth-order valence-corrected chi connectivity index (χ4v) is 4.04. The lowest BCUT2D eigenvalue weighted by Gasteiger charge is -2.38. The first kappa shape index (κ1) is 21.5. The molecule has 142 valence electrons. The lowest BCUT2D eigenvalue weighted by atomic mass is 9.97. The Morgan fingerprint density at radius 1 is 1.20 bits per heavy atom. The number of rotatable bonds is 4. The zero-order valence-corrected chi connectivity index (χ0v) is 14.1. The van der Waals surface area contributed by atoms with E-state index in [1.54, 1.807) is 0 Å². The number of nitrogens with zero attached hydrogens (tertiary/aromatic N) is 1. The normalized spacial score (nSPS) is 33.0.